The van der Waals surface area contributed by atoms with E-state index in [2.05, 4.69) is 25.4 Å². The second kappa shape index (κ2) is 5.90. The van der Waals surface area contributed by atoms with Gasteiger partial charge in [-0.1, -0.05) is 48.0 Å². The van der Waals surface area contributed by atoms with Crippen molar-refractivity contribution in [2.24, 2.45) is 0 Å². The van der Waals surface area contributed by atoms with Crippen molar-refractivity contribution in [1.82, 2.24) is 24.6 Å². The molecule has 0 atom stereocenters. The fourth-order valence-corrected chi connectivity index (χ4v) is 2.84. The van der Waals surface area contributed by atoms with Crippen molar-refractivity contribution in [2.75, 3.05) is 12.4 Å². The van der Waals surface area contributed by atoms with Gasteiger partial charge in [0.15, 0.2) is 0 Å². The van der Waals surface area contributed by atoms with Crippen LogP contribution in [-0.2, 0) is 0 Å². The second-order valence-electron chi connectivity index (χ2n) is 5.10. The second-order valence-corrected chi connectivity index (χ2v) is 5.46. The van der Waals surface area contributed by atoms with Crippen molar-refractivity contribution in [1.29, 1.82) is 0 Å². The number of nitrogens with zero attached hydrogens (tertiary/aromatic N) is 5. The van der Waals surface area contributed by atoms with Crippen LogP contribution in [0.5, 0.6) is 0 Å². The maximum Gasteiger partial charge on any atom is 0.256 e. The minimum Gasteiger partial charge on any atom is -0.372 e. The topological polar surface area (TPSA) is 68.0 Å². The predicted molar refractivity (Wildman–Crippen MR) is 94.0 cm³/mol. The van der Waals surface area contributed by atoms with E-state index in [0.717, 1.165) is 16.9 Å². The molecule has 4 rings (SSSR count). The fraction of sp³-hybridized carbons (Fsp3) is 0.0588. The van der Waals surface area contributed by atoms with E-state index in [-0.39, 0.29) is 0 Å². The van der Waals surface area contributed by atoms with Crippen LogP contribution in [0.15, 0.2) is 54.7 Å². The normalized spacial score (nSPS) is 10.9. The lowest BCUT2D eigenvalue weighted by molar-refractivity contribution is 0.946. The SMILES string of the molecule is CNc1c(-c2ccccc2)c(Cl)nc2nc(-c3ccccn3)nn12. The summed E-state index contributed by atoms with van der Waals surface area (Å²) < 4.78 is 1.65. The van der Waals surface area contributed by atoms with Crippen molar-refractivity contribution < 1.29 is 0 Å². The first-order valence-corrected chi connectivity index (χ1v) is 7.76. The average Bonchev–Trinajstić information content (AvgIpc) is 3.05. The predicted octanol–water partition coefficient (Wildman–Crippen LogP) is 3.55. The van der Waals surface area contributed by atoms with Gasteiger partial charge in [0.05, 0.1) is 5.56 Å². The third-order valence-corrected chi connectivity index (χ3v) is 3.91. The molecule has 4 aromatic rings. The number of pyridine rings is 1. The van der Waals surface area contributed by atoms with Crippen LogP contribution in [0.4, 0.5) is 5.82 Å². The zero-order valence-corrected chi connectivity index (χ0v) is 13.6. The van der Waals surface area contributed by atoms with Gasteiger partial charge in [-0.3, -0.25) is 4.98 Å². The van der Waals surface area contributed by atoms with Crippen molar-refractivity contribution in [3.05, 3.63) is 59.9 Å². The van der Waals surface area contributed by atoms with Gasteiger partial charge in [-0.2, -0.15) is 14.5 Å². The number of hydrogen-bond donors (Lipinski definition) is 1. The van der Waals surface area contributed by atoms with Gasteiger partial charge in [0.25, 0.3) is 5.78 Å². The Hall–Kier alpha value is -2.99. The molecule has 7 heteroatoms. The Morgan fingerprint density at radius 1 is 1.00 bits per heavy atom. The Bertz CT molecular complexity index is 998. The summed E-state index contributed by atoms with van der Waals surface area (Å²) >= 11 is 6.43. The molecule has 0 saturated carbocycles. The summed E-state index contributed by atoms with van der Waals surface area (Å²) in [6.07, 6.45) is 1.70. The molecule has 0 aliphatic heterocycles. The van der Waals surface area contributed by atoms with Crippen LogP contribution in [0.3, 0.4) is 0 Å². The minimum absolute atomic E-state index is 0.373. The number of fused-ring (bicyclic) bond motifs is 1. The Labute approximate surface area is 143 Å². The first kappa shape index (κ1) is 14.6. The van der Waals surface area contributed by atoms with Crippen molar-refractivity contribution in [3.63, 3.8) is 0 Å². The molecule has 0 spiro atoms. The van der Waals surface area contributed by atoms with E-state index in [0.29, 0.717) is 22.4 Å². The van der Waals surface area contributed by atoms with Crippen LogP contribution in [0.25, 0.3) is 28.4 Å². The summed E-state index contributed by atoms with van der Waals surface area (Å²) in [7, 11) is 1.82. The van der Waals surface area contributed by atoms with Crippen LogP contribution in [0.1, 0.15) is 0 Å². The molecule has 0 bridgehead atoms. The zero-order chi connectivity index (χ0) is 16.5. The van der Waals surface area contributed by atoms with E-state index in [1.165, 1.54) is 0 Å². The number of anilines is 1. The highest BCUT2D eigenvalue weighted by Gasteiger charge is 2.18. The Balaban J connectivity index is 1.98. The maximum atomic E-state index is 6.43. The standard InChI is InChI=1S/C17H13ClN6/c1-19-16-13(11-7-3-2-4-8-11)14(18)21-17-22-15(23-24(16)17)12-9-5-6-10-20-12/h2-10,19H,1H3. The largest absolute Gasteiger partial charge is 0.372 e. The molecular formula is C17H13ClN6. The molecule has 1 aromatic carbocycles. The summed E-state index contributed by atoms with van der Waals surface area (Å²) in [5.74, 6) is 1.65. The van der Waals surface area contributed by atoms with E-state index in [9.17, 15) is 0 Å². The molecule has 1 N–H and O–H groups in total. The lowest BCUT2D eigenvalue weighted by Gasteiger charge is -2.11. The number of rotatable bonds is 3. The molecule has 24 heavy (non-hydrogen) atoms. The molecule has 0 unspecified atom stereocenters. The Kier molecular flexibility index (Phi) is 3.59. The fourth-order valence-electron chi connectivity index (χ4n) is 2.57. The maximum absolute atomic E-state index is 6.43. The smallest absolute Gasteiger partial charge is 0.256 e. The summed E-state index contributed by atoms with van der Waals surface area (Å²) in [5, 5.41) is 8.07. The third-order valence-electron chi connectivity index (χ3n) is 3.64. The number of halogens is 1. The Morgan fingerprint density at radius 3 is 2.50 bits per heavy atom. The van der Waals surface area contributed by atoms with E-state index < -0.39 is 0 Å². The quantitative estimate of drug-likeness (QED) is 0.579. The number of aromatic nitrogens is 5. The summed E-state index contributed by atoms with van der Waals surface area (Å²) in [4.78, 5) is 13.1. The first-order chi connectivity index (χ1) is 11.8. The zero-order valence-electron chi connectivity index (χ0n) is 12.8. The van der Waals surface area contributed by atoms with Crippen molar-refractivity contribution >= 4 is 23.2 Å². The molecule has 0 aliphatic rings. The highest BCUT2D eigenvalue weighted by Crippen LogP contribution is 2.34. The number of benzene rings is 1. The van der Waals surface area contributed by atoms with Crippen LogP contribution >= 0.6 is 11.6 Å². The van der Waals surface area contributed by atoms with Crippen LogP contribution in [0, 0.1) is 0 Å². The highest BCUT2D eigenvalue weighted by molar-refractivity contribution is 6.32. The van der Waals surface area contributed by atoms with E-state index in [4.69, 9.17) is 11.6 Å². The van der Waals surface area contributed by atoms with Gasteiger partial charge in [0.2, 0.25) is 5.82 Å². The average molecular weight is 337 g/mol. The number of nitrogens with one attached hydrogen (secondary N) is 1. The molecule has 3 aromatic heterocycles. The Morgan fingerprint density at radius 2 is 1.79 bits per heavy atom. The van der Waals surface area contributed by atoms with Gasteiger partial charge in [-0.15, -0.1) is 5.10 Å². The van der Waals surface area contributed by atoms with Crippen LogP contribution < -0.4 is 5.32 Å². The van der Waals surface area contributed by atoms with Gasteiger partial charge in [0.1, 0.15) is 16.7 Å². The molecule has 118 valence electrons. The molecule has 0 radical (unpaired) electrons. The van der Waals surface area contributed by atoms with Crippen molar-refractivity contribution in [3.8, 4) is 22.6 Å². The molecule has 0 saturated heterocycles. The van der Waals surface area contributed by atoms with Crippen LogP contribution in [0.2, 0.25) is 5.15 Å². The molecule has 0 fully saturated rings. The van der Waals surface area contributed by atoms with Gasteiger partial charge in [0, 0.05) is 13.2 Å². The van der Waals surface area contributed by atoms with Gasteiger partial charge in [-0.05, 0) is 17.7 Å². The monoisotopic (exact) mass is 336 g/mol. The van der Waals surface area contributed by atoms with Gasteiger partial charge in [-0.25, -0.2) is 0 Å². The van der Waals surface area contributed by atoms with E-state index >= 15 is 0 Å². The van der Waals surface area contributed by atoms with E-state index in [1.807, 2.05) is 55.6 Å². The molecule has 0 amide bonds. The molecule has 3 heterocycles. The minimum atomic E-state index is 0.373. The third kappa shape index (κ3) is 2.37. The summed E-state index contributed by atoms with van der Waals surface area (Å²) in [6, 6.07) is 15.4. The van der Waals surface area contributed by atoms with Crippen LogP contribution in [-0.4, -0.2) is 31.6 Å². The van der Waals surface area contributed by atoms with Gasteiger partial charge < -0.3 is 5.32 Å². The highest BCUT2D eigenvalue weighted by atomic mass is 35.5. The first-order valence-electron chi connectivity index (χ1n) is 7.39. The molecule has 0 aliphatic carbocycles. The lowest BCUT2D eigenvalue weighted by Crippen LogP contribution is -2.04. The summed E-state index contributed by atoms with van der Waals surface area (Å²) in [5.41, 5.74) is 2.42. The molecule has 6 nitrogen and oxygen atoms in total. The van der Waals surface area contributed by atoms with Crippen molar-refractivity contribution in [2.45, 2.75) is 0 Å². The summed E-state index contributed by atoms with van der Waals surface area (Å²) in [6.45, 7) is 0. The van der Waals surface area contributed by atoms with Gasteiger partial charge >= 0.3 is 0 Å². The molecular weight excluding hydrogens is 324 g/mol. The number of hydrogen-bond acceptors (Lipinski definition) is 5. The van der Waals surface area contributed by atoms with E-state index in [1.54, 1.807) is 10.7 Å². The lowest BCUT2D eigenvalue weighted by atomic mass is 10.1.